The maximum absolute atomic E-state index is 13.3. The van der Waals surface area contributed by atoms with Gasteiger partial charge in [-0.25, -0.2) is 4.98 Å². The van der Waals surface area contributed by atoms with Crippen LogP contribution in [-0.2, 0) is 6.42 Å². The molecule has 1 aliphatic rings. The molecule has 0 radical (unpaired) electrons. The molecule has 0 aliphatic carbocycles. The van der Waals surface area contributed by atoms with Crippen molar-refractivity contribution in [1.29, 1.82) is 0 Å². The molecule has 0 spiro atoms. The largest absolute Gasteiger partial charge is 0.486 e. The number of fused-ring (bicyclic) bond motifs is 4. The van der Waals surface area contributed by atoms with Crippen LogP contribution in [0.4, 0.5) is 0 Å². The van der Waals surface area contributed by atoms with E-state index in [1.165, 1.54) is 0 Å². The zero-order valence-electron chi connectivity index (χ0n) is 17.4. The van der Waals surface area contributed by atoms with E-state index in [0.717, 1.165) is 23.2 Å². The minimum absolute atomic E-state index is 0.144. The average Bonchev–Trinajstić information content (AvgIpc) is 3.29. The van der Waals surface area contributed by atoms with E-state index >= 15 is 0 Å². The van der Waals surface area contributed by atoms with Gasteiger partial charge in [0.15, 0.2) is 17.3 Å². The van der Waals surface area contributed by atoms with Crippen molar-refractivity contribution in [3.63, 3.8) is 0 Å². The van der Waals surface area contributed by atoms with Crippen molar-refractivity contribution in [2.75, 3.05) is 13.2 Å². The van der Waals surface area contributed by atoms with E-state index in [2.05, 4.69) is 22.0 Å². The predicted octanol–water partition coefficient (Wildman–Crippen LogP) is 3.43. The molecule has 0 bridgehead atoms. The zero-order valence-corrected chi connectivity index (χ0v) is 17.4. The molecule has 8 nitrogen and oxygen atoms in total. The van der Waals surface area contributed by atoms with Crippen LogP contribution in [0.2, 0.25) is 0 Å². The summed E-state index contributed by atoms with van der Waals surface area (Å²) in [5, 5.41) is 5.11. The van der Waals surface area contributed by atoms with Gasteiger partial charge in [0.2, 0.25) is 0 Å². The van der Waals surface area contributed by atoms with Gasteiger partial charge in [-0.3, -0.25) is 9.36 Å². The lowest BCUT2D eigenvalue weighted by molar-refractivity contribution is 0.171. The number of nitrogens with zero attached hydrogens (tertiary/aromatic N) is 5. The van der Waals surface area contributed by atoms with E-state index in [4.69, 9.17) is 9.47 Å². The van der Waals surface area contributed by atoms with Crippen LogP contribution in [0.5, 0.6) is 11.5 Å². The topological polar surface area (TPSA) is 83.5 Å². The minimum Gasteiger partial charge on any atom is -0.486 e. The molecule has 158 valence electrons. The lowest BCUT2D eigenvalue weighted by Crippen LogP contribution is -2.20. The molecule has 2 aromatic carbocycles. The highest BCUT2D eigenvalue weighted by Crippen LogP contribution is 2.33. The molecular weight excluding hydrogens is 406 g/mol. The lowest BCUT2D eigenvalue weighted by Gasteiger charge is -2.18. The molecule has 5 aromatic rings. The molecule has 0 atom stereocenters. The Kier molecular flexibility index (Phi) is 4.17. The summed E-state index contributed by atoms with van der Waals surface area (Å²) in [4.78, 5) is 22.3. The highest BCUT2D eigenvalue weighted by molar-refractivity contribution is 5.79. The maximum atomic E-state index is 13.3. The molecule has 1 aliphatic heterocycles. The average molecular weight is 425 g/mol. The van der Waals surface area contributed by atoms with Gasteiger partial charge in [-0.2, -0.15) is 9.50 Å². The fourth-order valence-electron chi connectivity index (χ4n) is 4.06. The SMILES string of the molecule is CCc1ccccc1-n1ccc2c(cnc3nc(-c4ccc5c(c4)OCCO5)nn32)c1=O. The van der Waals surface area contributed by atoms with Crippen molar-refractivity contribution in [3.05, 3.63) is 76.8 Å². The van der Waals surface area contributed by atoms with Crippen LogP contribution >= 0.6 is 0 Å². The number of aromatic nitrogens is 5. The smallest absolute Gasteiger partial charge is 0.266 e. The van der Waals surface area contributed by atoms with Crippen molar-refractivity contribution in [3.8, 4) is 28.6 Å². The molecule has 0 saturated heterocycles. The van der Waals surface area contributed by atoms with Gasteiger partial charge < -0.3 is 9.47 Å². The van der Waals surface area contributed by atoms with E-state index < -0.39 is 0 Å². The Morgan fingerprint density at radius 3 is 2.75 bits per heavy atom. The minimum atomic E-state index is -0.144. The molecule has 0 saturated carbocycles. The number of ether oxygens (including phenoxy) is 2. The number of hydrogen-bond donors (Lipinski definition) is 0. The van der Waals surface area contributed by atoms with E-state index in [9.17, 15) is 4.79 Å². The van der Waals surface area contributed by atoms with Gasteiger partial charge >= 0.3 is 0 Å². The van der Waals surface area contributed by atoms with Gasteiger partial charge in [-0.05, 0) is 42.3 Å². The van der Waals surface area contributed by atoms with Crippen LogP contribution in [0, 0.1) is 0 Å². The third-order valence-electron chi connectivity index (χ3n) is 5.67. The molecule has 4 heterocycles. The first kappa shape index (κ1) is 18.6. The number of hydrogen-bond acceptors (Lipinski definition) is 6. The summed E-state index contributed by atoms with van der Waals surface area (Å²) in [6, 6.07) is 15.4. The second kappa shape index (κ2) is 7.19. The number of para-hydroxylation sites is 1. The predicted molar refractivity (Wildman–Crippen MR) is 120 cm³/mol. The number of aryl methyl sites for hydroxylation is 1. The first-order chi connectivity index (χ1) is 15.7. The highest BCUT2D eigenvalue weighted by atomic mass is 16.6. The fraction of sp³-hybridized carbons (Fsp3) is 0.167. The van der Waals surface area contributed by atoms with Crippen LogP contribution in [0.15, 0.2) is 65.7 Å². The Bertz CT molecular complexity index is 1550. The molecule has 3 aromatic heterocycles. The molecule has 0 N–H and O–H groups in total. The summed E-state index contributed by atoms with van der Waals surface area (Å²) >= 11 is 0. The van der Waals surface area contributed by atoms with E-state index in [1.54, 1.807) is 21.5 Å². The Balaban J connectivity index is 1.50. The van der Waals surface area contributed by atoms with Crippen LogP contribution in [-0.4, -0.2) is 37.4 Å². The summed E-state index contributed by atoms with van der Waals surface area (Å²) in [6.45, 7) is 3.12. The third-order valence-corrected chi connectivity index (χ3v) is 5.67. The quantitative estimate of drug-likeness (QED) is 0.440. The Morgan fingerprint density at radius 2 is 1.88 bits per heavy atom. The number of benzene rings is 2. The molecule has 0 amide bonds. The van der Waals surface area contributed by atoms with Crippen molar-refractivity contribution in [2.45, 2.75) is 13.3 Å². The summed E-state index contributed by atoms with van der Waals surface area (Å²) in [6.07, 6.45) is 4.18. The summed E-state index contributed by atoms with van der Waals surface area (Å²) in [5.74, 6) is 2.30. The Labute approximate surface area is 182 Å². The summed E-state index contributed by atoms with van der Waals surface area (Å²) in [7, 11) is 0. The van der Waals surface area contributed by atoms with Gasteiger partial charge in [-0.15, -0.1) is 5.10 Å². The van der Waals surface area contributed by atoms with Gasteiger partial charge in [0, 0.05) is 18.0 Å². The van der Waals surface area contributed by atoms with Crippen molar-refractivity contribution >= 4 is 16.7 Å². The first-order valence-electron chi connectivity index (χ1n) is 10.5. The van der Waals surface area contributed by atoms with Crippen molar-refractivity contribution in [2.24, 2.45) is 0 Å². The van der Waals surface area contributed by atoms with Crippen LogP contribution in [0.25, 0.3) is 33.8 Å². The van der Waals surface area contributed by atoms with Gasteiger partial charge in [0.25, 0.3) is 11.3 Å². The first-order valence-corrected chi connectivity index (χ1v) is 10.5. The van der Waals surface area contributed by atoms with E-state index in [1.807, 2.05) is 48.5 Å². The summed E-state index contributed by atoms with van der Waals surface area (Å²) < 4.78 is 14.5. The molecule has 6 rings (SSSR count). The van der Waals surface area contributed by atoms with Crippen molar-refractivity contribution in [1.82, 2.24) is 24.1 Å². The summed E-state index contributed by atoms with van der Waals surface area (Å²) in [5.41, 5.74) is 3.27. The fourth-order valence-corrected chi connectivity index (χ4v) is 4.06. The van der Waals surface area contributed by atoms with Gasteiger partial charge in [0.1, 0.15) is 13.2 Å². The second-order valence-corrected chi connectivity index (χ2v) is 7.54. The third kappa shape index (κ3) is 2.84. The Hall–Kier alpha value is -4.20. The van der Waals surface area contributed by atoms with Crippen LogP contribution in [0.3, 0.4) is 0 Å². The van der Waals surface area contributed by atoms with E-state index in [0.29, 0.717) is 47.2 Å². The van der Waals surface area contributed by atoms with Crippen LogP contribution < -0.4 is 15.0 Å². The van der Waals surface area contributed by atoms with E-state index in [-0.39, 0.29) is 5.56 Å². The molecule has 0 unspecified atom stereocenters. The Morgan fingerprint density at radius 1 is 1.03 bits per heavy atom. The van der Waals surface area contributed by atoms with Gasteiger partial charge in [-0.1, -0.05) is 25.1 Å². The van der Waals surface area contributed by atoms with Gasteiger partial charge in [0.05, 0.1) is 16.6 Å². The normalized spacial score (nSPS) is 13.0. The number of pyridine rings is 1. The standard InChI is InChI=1S/C24H19N5O3/c1-2-15-5-3-4-6-18(15)28-10-9-19-17(23(28)30)14-25-24-26-22(27-29(19)24)16-7-8-20-21(13-16)32-12-11-31-20/h3-10,13-14H,2,11-12H2,1H3. The highest BCUT2D eigenvalue weighted by Gasteiger charge is 2.17. The molecular formula is C24H19N5O3. The molecule has 8 heteroatoms. The monoisotopic (exact) mass is 425 g/mol. The molecule has 32 heavy (non-hydrogen) atoms. The van der Waals surface area contributed by atoms with Crippen LogP contribution in [0.1, 0.15) is 12.5 Å². The zero-order chi connectivity index (χ0) is 21.7. The molecule has 0 fully saturated rings. The van der Waals surface area contributed by atoms with Crippen molar-refractivity contribution < 1.29 is 9.47 Å². The lowest BCUT2D eigenvalue weighted by atomic mass is 10.1. The maximum Gasteiger partial charge on any atom is 0.266 e. The number of rotatable bonds is 3. The second-order valence-electron chi connectivity index (χ2n) is 7.54.